The van der Waals surface area contributed by atoms with Crippen LogP contribution in [0.1, 0.15) is 11.8 Å². The van der Waals surface area contributed by atoms with Crippen LogP contribution in [-0.2, 0) is 9.53 Å². The lowest BCUT2D eigenvalue weighted by Crippen LogP contribution is -2.56. The van der Waals surface area contributed by atoms with Crippen LogP contribution < -0.4 is 10.2 Å². The van der Waals surface area contributed by atoms with E-state index in [1.54, 1.807) is 17.7 Å². The summed E-state index contributed by atoms with van der Waals surface area (Å²) in [6.45, 7) is 6.39. The van der Waals surface area contributed by atoms with E-state index in [-0.39, 0.29) is 12.0 Å². The van der Waals surface area contributed by atoms with Gasteiger partial charge in [0.05, 0.1) is 12.0 Å². The summed E-state index contributed by atoms with van der Waals surface area (Å²) in [5.41, 5.74) is 0. The minimum Gasteiger partial charge on any atom is -0.464 e. The number of hydrogen-bond acceptors (Lipinski definition) is 7. The van der Waals surface area contributed by atoms with Crippen LogP contribution in [0.2, 0.25) is 0 Å². The summed E-state index contributed by atoms with van der Waals surface area (Å²) in [6.07, 6.45) is 1.57. The van der Waals surface area contributed by atoms with Crippen LogP contribution in [0.15, 0.2) is 12.4 Å². The molecule has 112 valence electrons. The summed E-state index contributed by atoms with van der Waals surface area (Å²) in [4.78, 5) is 25.1. The number of rotatable bonds is 3. The molecular formula is C14H18N4O2S. The second kappa shape index (κ2) is 5.95. The van der Waals surface area contributed by atoms with Crippen molar-refractivity contribution in [2.24, 2.45) is 0 Å². The van der Waals surface area contributed by atoms with Crippen LogP contribution in [0.3, 0.4) is 0 Å². The Labute approximate surface area is 127 Å². The normalized spacial score (nSPS) is 19.0. The van der Waals surface area contributed by atoms with Crippen molar-refractivity contribution in [3.63, 3.8) is 0 Å². The van der Waals surface area contributed by atoms with Crippen molar-refractivity contribution in [2.75, 3.05) is 31.1 Å². The average Bonchev–Trinajstić information content (AvgIpc) is 2.87. The Bertz CT molecular complexity index is 657. The lowest BCUT2D eigenvalue weighted by Gasteiger charge is -2.35. The van der Waals surface area contributed by atoms with Crippen molar-refractivity contribution < 1.29 is 9.53 Å². The van der Waals surface area contributed by atoms with Crippen molar-refractivity contribution in [1.29, 1.82) is 0 Å². The summed E-state index contributed by atoms with van der Waals surface area (Å²) in [5.74, 6) is 0.618. The van der Waals surface area contributed by atoms with Crippen LogP contribution in [0.4, 0.5) is 5.82 Å². The van der Waals surface area contributed by atoms with Crippen LogP contribution in [0.5, 0.6) is 0 Å². The highest BCUT2D eigenvalue weighted by atomic mass is 32.1. The Balaban J connectivity index is 2.00. The van der Waals surface area contributed by atoms with Crippen molar-refractivity contribution in [3.05, 3.63) is 17.3 Å². The number of hydrogen-bond donors (Lipinski definition) is 1. The van der Waals surface area contributed by atoms with Crippen LogP contribution in [0, 0.1) is 6.92 Å². The van der Waals surface area contributed by atoms with Gasteiger partial charge in [-0.25, -0.2) is 14.8 Å². The number of fused-ring (bicyclic) bond motifs is 1. The number of aromatic nitrogens is 2. The van der Waals surface area contributed by atoms with Gasteiger partial charge in [0, 0.05) is 24.5 Å². The number of nitrogens with one attached hydrogen (secondary N) is 1. The molecule has 3 heterocycles. The van der Waals surface area contributed by atoms with Crippen molar-refractivity contribution >= 4 is 33.3 Å². The molecule has 0 aromatic carbocycles. The van der Waals surface area contributed by atoms with E-state index in [1.165, 1.54) is 4.88 Å². The van der Waals surface area contributed by atoms with Crippen molar-refractivity contribution in [1.82, 2.24) is 15.3 Å². The van der Waals surface area contributed by atoms with Crippen molar-refractivity contribution in [3.8, 4) is 0 Å². The first-order valence-corrected chi connectivity index (χ1v) is 7.87. The van der Waals surface area contributed by atoms with E-state index in [4.69, 9.17) is 4.74 Å². The number of ether oxygens (including phenoxy) is 1. The largest absolute Gasteiger partial charge is 0.464 e. The lowest BCUT2D eigenvalue weighted by atomic mass is 10.1. The van der Waals surface area contributed by atoms with E-state index < -0.39 is 0 Å². The number of anilines is 1. The van der Waals surface area contributed by atoms with Crippen LogP contribution >= 0.6 is 11.3 Å². The smallest absolute Gasteiger partial charge is 0.330 e. The third-order valence-electron chi connectivity index (χ3n) is 3.51. The maximum absolute atomic E-state index is 12.2. The maximum Gasteiger partial charge on any atom is 0.330 e. The van der Waals surface area contributed by atoms with Crippen LogP contribution in [-0.4, -0.2) is 48.2 Å². The Morgan fingerprint density at radius 1 is 1.57 bits per heavy atom. The van der Waals surface area contributed by atoms with Gasteiger partial charge in [-0.15, -0.1) is 11.3 Å². The first kappa shape index (κ1) is 14.2. The number of carbonyl (C=O) groups excluding carboxylic acids is 1. The molecule has 1 saturated heterocycles. The molecule has 0 saturated carbocycles. The molecule has 0 amide bonds. The Hall–Kier alpha value is -1.73. The molecule has 1 N–H and O–H groups in total. The number of thiophene rings is 1. The second-order valence-electron chi connectivity index (χ2n) is 4.94. The van der Waals surface area contributed by atoms with Gasteiger partial charge in [-0.3, -0.25) is 0 Å². The molecule has 3 rings (SSSR count). The number of aryl methyl sites for hydroxylation is 1. The maximum atomic E-state index is 12.2. The third-order valence-corrected chi connectivity index (χ3v) is 4.46. The van der Waals surface area contributed by atoms with Gasteiger partial charge in [-0.1, -0.05) is 0 Å². The van der Waals surface area contributed by atoms with E-state index in [0.717, 1.165) is 29.1 Å². The average molecular weight is 306 g/mol. The summed E-state index contributed by atoms with van der Waals surface area (Å²) in [7, 11) is 0. The van der Waals surface area contributed by atoms with E-state index in [0.29, 0.717) is 13.2 Å². The predicted octanol–water partition coefficient (Wildman–Crippen LogP) is 1.34. The van der Waals surface area contributed by atoms with Gasteiger partial charge in [0.25, 0.3) is 0 Å². The lowest BCUT2D eigenvalue weighted by molar-refractivity contribution is -0.144. The van der Waals surface area contributed by atoms with Gasteiger partial charge in [0.15, 0.2) is 0 Å². The zero-order chi connectivity index (χ0) is 14.8. The third kappa shape index (κ3) is 2.71. The highest BCUT2D eigenvalue weighted by Gasteiger charge is 2.31. The Morgan fingerprint density at radius 3 is 3.24 bits per heavy atom. The number of piperazine rings is 1. The molecule has 1 unspecified atom stereocenters. The highest BCUT2D eigenvalue weighted by Crippen LogP contribution is 2.31. The molecule has 0 spiro atoms. The van der Waals surface area contributed by atoms with Gasteiger partial charge in [-0.05, 0) is 19.9 Å². The summed E-state index contributed by atoms with van der Waals surface area (Å²) >= 11 is 1.64. The van der Waals surface area contributed by atoms with Gasteiger partial charge in [-0.2, -0.15) is 0 Å². The first-order valence-electron chi connectivity index (χ1n) is 7.06. The van der Waals surface area contributed by atoms with Gasteiger partial charge >= 0.3 is 5.97 Å². The topological polar surface area (TPSA) is 67.3 Å². The van der Waals surface area contributed by atoms with E-state index >= 15 is 0 Å². The molecule has 0 radical (unpaired) electrons. The molecule has 21 heavy (non-hydrogen) atoms. The molecule has 1 atom stereocenters. The molecule has 0 aliphatic carbocycles. The molecule has 1 fully saturated rings. The quantitative estimate of drug-likeness (QED) is 0.863. The van der Waals surface area contributed by atoms with Crippen LogP contribution in [0.25, 0.3) is 10.2 Å². The standard InChI is InChI=1S/C14H18N4O2S/c1-3-20-14(19)11-7-15-4-5-18(11)12-10-6-9(2)21-13(10)17-8-16-12/h6,8,11,15H,3-5,7H2,1-2H3. The van der Waals surface area contributed by atoms with E-state index in [1.807, 2.05) is 11.8 Å². The van der Waals surface area contributed by atoms with Gasteiger partial charge in [0.1, 0.15) is 23.0 Å². The number of nitrogens with zero attached hydrogens (tertiary/aromatic N) is 3. The fourth-order valence-corrected chi connectivity index (χ4v) is 3.44. The fraction of sp³-hybridized carbons (Fsp3) is 0.500. The molecule has 2 aromatic heterocycles. The predicted molar refractivity (Wildman–Crippen MR) is 82.8 cm³/mol. The minimum absolute atomic E-state index is 0.205. The molecule has 1 aliphatic heterocycles. The molecule has 7 heteroatoms. The first-order chi connectivity index (χ1) is 10.2. The SMILES string of the molecule is CCOC(=O)C1CNCCN1c1ncnc2sc(C)cc12. The second-order valence-corrected chi connectivity index (χ2v) is 6.17. The minimum atomic E-state index is -0.336. The fourth-order valence-electron chi connectivity index (χ4n) is 2.60. The Kier molecular flexibility index (Phi) is 4.03. The summed E-state index contributed by atoms with van der Waals surface area (Å²) in [5, 5.41) is 4.25. The zero-order valence-corrected chi connectivity index (χ0v) is 12.9. The Morgan fingerprint density at radius 2 is 2.43 bits per heavy atom. The molecule has 6 nitrogen and oxygen atoms in total. The molecule has 0 bridgehead atoms. The number of carbonyl (C=O) groups is 1. The van der Waals surface area contributed by atoms with Gasteiger partial charge < -0.3 is 15.0 Å². The van der Waals surface area contributed by atoms with E-state index in [9.17, 15) is 4.79 Å². The molecule has 2 aromatic rings. The molecule has 1 aliphatic rings. The monoisotopic (exact) mass is 306 g/mol. The highest BCUT2D eigenvalue weighted by molar-refractivity contribution is 7.18. The molecular weight excluding hydrogens is 288 g/mol. The van der Waals surface area contributed by atoms with E-state index in [2.05, 4.69) is 28.3 Å². The summed E-state index contributed by atoms with van der Waals surface area (Å²) < 4.78 is 5.19. The number of esters is 1. The van der Waals surface area contributed by atoms with Crippen molar-refractivity contribution in [2.45, 2.75) is 19.9 Å². The van der Waals surface area contributed by atoms with Gasteiger partial charge in [0.2, 0.25) is 0 Å². The zero-order valence-electron chi connectivity index (χ0n) is 12.1. The summed E-state index contributed by atoms with van der Waals surface area (Å²) in [6, 6.07) is 1.75.